The Morgan fingerprint density at radius 2 is 1.35 bits per heavy atom. The monoisotopic (exact) mass is 534 g/mol. The molecule has 0 fully saturated rings. The number of para-hydroxylation sites is 1. The lowest BCUT2D eigenvalue weighted by Crippen LogP contribution is -2.53. The summed E-state index contributed by atoms with van der Waals surface area (Å²) in [6, 6.07) is 15.2. The zero-order valence-corrected chi connectivity index (χ0v) is 21.6. The minimum atomic E-state index is -4.54. The highest BCUT2D eigenvalue weighted by atomic mass is 31.2. The summed E-state index contributed by atoms with van der Waals surface area (Å²) in [4.78, 5) is 69.4. The Morgan fingerprint density at radius 3 is 1.92 bits per heavy atom. The average Bonchev–Trinajstić information content (AvgIpc) is 2.86. The Balaban J connectivity index is 1.96. The number of hydrogen-bond acceptors (Lipinski definition) is 6. The van der Waals surface area contributed by atoms with E-state index in [0.29, 0.717) is 5.69 Å². The lowest BCUT2D eigenvalue weighted by atomic mass is 10.2. The molecule has 2 aromatic rings. The van der Waals surface area contributed by atoms with Crippen LogP contribution in [0.3, 0.4) is 0 Å². The van der Waals surface area contributed by atoms with E-state index in [0.717, 1.165) is 17.4 Å². The van der Waals surface area contributed by atoms with Gasteiger partial charge >= 0.3 is 13.7 Å². The first-order valence-corrected chi connectivity index (χ1v) is 13.0. The van der Waals surface area contributed by atoms with Gasteiger partial charge in [0.05, 0.1) is 0 Å². The van der Waals surface area contributed by atoms with Gasteiger partial charge in [-0.2, -0.15) is 0 Å². The van der Waals surface area contributed by atoms with Crippen molar-refractivity contribution in [2.24, 2.45) is 0 Å². The van der Waals surface area contributed by atoms with Crippen molar-refractivity contribution in [1.82, 2.24) is 16.0 Å². The number of benzene rings is 2. The van der Waals surface area contributed by atoms with Crippen LogP contribution in [0.15, 0.2) is 60.7 Å². The third-order valence-electron chi connectivity index (χ3n) is 5.17. The largest absolute Gasteiger partial charge is 0.444 e. The summed E-state index contributed by atoms with van der Waals surface area (Å²) in [6.45, 7) is 3.42. The summed E-state index contributed by atoms with van der Waals surface area (Å²) in [5, 5.41) is 6.95. The summed E-state index contributed by atoms with van der Waals surface area (Å²) >= 11 is 0. The van der Waals surface area contributed by atoms with Crippen LogP contribution in [0, 0.1) is 0 Å². The van der Waals surface area contributed by atoms with Gasteiger partial charge in [-0.3, -0.25) is 23.8 Å². The van der Waals surface area contributed by atoms with Crippen LogP contribution in [0.1, 0.15) is 26.3 Å². The predicted octanol–water partition coefficient (Wildman–Crippen LogP) is 1.48. The molecular formula is C24H31N4O8P. The highest BCUT2D eigenvalue weighted by Gasteiger charge is 2.29. The van der Waals surface area contributed by atoms with E-state index >= 15 is 0 Å². The molecule has 0 saturated heterocycles. The molecule has 0 aromatic heterocycles. The number of carbonyl (C=O) groups is 4. The fourth-order valence-electron chi connectivity index (χ4n) is 2.98. The standard InChI is InChI=1S/C24H31N4O8P/c1-16(22(30)26-17(2)23(31)27-18(3)37(33,34)35)25-21(29)14-28(20-12-8-5-9-13-20)24(32)36-15-19-10-6-4-7-11-19/h4-13,16-18H,14-15H2,1-3H3,(H,25,29)(H,26,30)(H,27,31)(H2,33,34,35)/t16-,17-,18+/m0/s1. The van der Waals surface area contributed by atoms with Crippen molar-refractivity contribution in [1.29, 1.82) is 0 Å². The molecule has 13 heteroatoms. The molecule has 2 rings (SSSR count). The lowest BCUT2D eigenvalue weighted by Gasteiger charge is -2.24. The molecule has 0 aliphatic rings. The number of rotatable bonds is 11. The molecule has 200 valence electrons. The number of amides is 4. The van der Waals surface area contributed by atoms with Crippen molar-refractivity contribution in [2.75, 3.05) is 11.4 Å². The summed E-state index contributed by atoms with van der Waals surface area (Å²) in [5.74, 6) is -3.60. The second-order valence-electron chi connectivity index (χ2n) is 8.26. The SMILES string of the molecule is C[C@H](NC(=O)CN(C(=O)OCc1ccccc1)c1ccccc1)C(=O)N[C@@H](C)C(=O)N[C@@H](C)P(=O)(O)O. The third kappa shape index (κ3) is 9.68. The Kier molecular flexibility index (Phi) is 10.8. The molecule has 4 amide bonds. The summed E-state index contributed by atoms with van der Waals surface area (Å²) < 4.78 is 16.6. The summed E-state index contributed by atoms with van der Waals surface area (Å²) in [6.07, 6.45) is -0.758. The van der Waals surface area contributed by atoms with Gasteiger partial charge in [-0.05, 0) is 38.5 Å². The summed E-state index contributed by atoms with van der Waals surface area (Å²) in [7, 11) is -4.54. The van der Waals surface area contributed by atoms with Gasteiger partial charge in [-0.1, -0.05) is 48.5 Å². The Labute approximate surface area is 214 Å². The molecule has 0 bridgehead atoms. The predicted molar refractivity (Wildman–Crippen MR) is 135 cm³/mol. The van der Waals surface area contributed by atoms with Crippen LogP contribution in [0.5, 0.6) is 0 Å². The average molecular weight is 535 g/mol. The second-order valence-corrected chi connectivity index (χ2v) is 10.2. The molecule has 37 heavy (non-hydrogen) atoms. The van der Waals surface area contributed by atoms with Crippen LogP contribution in [-0.2, 0) is 30.3 Å². The van der Waals surface area contributed by atoms with Gasteiger partial charge in [0.1, 0.15) is 31.0 Å². The van der Waals surface area contributed by atoms with Crippen molar-refractivity contribution >= 4 is 37.1 Å². The molecule has 2 aromatic carbocycles. The number of nitrogens with one attached hydrogen (secondary N) is 3. The maximum absolute atomic E-state index is 12.8. The van der Waals surface area contributed by atoms with Crippen LogP contribution in [0.2, 0.25) is 0 Å². The van der Waals surface area contributed by atoms with E-state index in [1.807, 2.05) is 6.07 Å². The molecule has 0 spiro atoms. The molecule has 0 radical (unpaired) electrons. The maximum Gasteiger partial charge on any atom is 0.415 e. The van der Waals surface area contributed by atoms with E-state index in [2.05, 4.69) is 16.0 Å². The van der Waals surface area contributed by atoms with Gasteiger partial charge in [-0.15, -0.1) is 0 Å². The van der Waals surface area contributed by atoms with Crippen molar-refractivity contribution in [3.63, 3.8) is 0 Å². The first kappa shape index (κ1) is 29.5. The van der Waals surface area contributed by atoms with Gasteiger partial charge in [0.25, 0.3) is 0 Å². The number of anilines is 1. The fourth-order valence-corrected chi connectivity index (χ4v) is 3.28. The zero-order valence-electron chi connectivity index (χ0n) is 20.7. The lowest BCUT2D eigenvalue weighted by molar-refractivity contribution is -0.131. The van der Waals surface area contributed by atoms with Crippen LogP contribution in [-0.4, -0.2) is 58.0 Å². The van der Waals surface area contributed by atoms with E-state index in [1.165, 1.54) is 13.8 Å². The van der Waals surface area contributed by atoms with Crippen LogP contribution < -0.4 is 20.9 Å². The van der Waals surface area contributed by atoms with Gasteiger partial charge < -0.3 is 30.5 Å². The van der Waals surface area contributed by atoms with E-state index in [4.69, 9.17) is 14.5 Å². The van der Waals surface area contributed by atoms with Crippen molar-refractivity contribution in [3.05, 3.63) is 66.2 Å². The smallest absolute Gasteiger partial charge is 0.415 e. The fraction of sp³-hybridized carbons (Fsp3) is 0.333. The Hall–Kier alpha value is -3.73. The van der Waals surface area contributed by atoms with Crippen LogP contribution in [0.4, 0.5) is 10.5 Å². The first-order chi connectivity index (χ1) is 17.4. The molecule has 3 atom stereocenters. The van der Waals surface area contributed by atoms with Gasteiger partial charge in [0, 0.05) is 5.69 Å². The molecule has 12 nitrogen and oxygen atoms in total. The van der Waals surface area contributed by atoms with Gasteiger partial charge in [0.15, 0.2) is 0 Å². The molecule has 0 saturated carbocycles. The van der Waals surface area contributed by atoms with Crippen LogP contribution in [0.25, 0.3) is 0 Å². The number of carbonyl (C=O) groups excluding carboxylic acids is 4. The molecule has 0 aliphatic heterocycles. The normalized spacial score (nSPS) is 13.4. The number of hydrogen-bond donors (Lipinski definition) is 5. The number of nitrogens with zero attached hydrogens (tertiary/aromatic N) is 1. The minimum absolute atomic E-state index is 0.00399. The maximum atomic E-state index is 12.8. The van der Waals surface area contributed by atoms with E-state index in [1.54, 1.807) is 54.6 Å². The quantitative estimate of drug-likeness (QED) is 0.270. The molecule has 0 aliphatic carbocycles. The van der Waals surface area contributed by atoms with E-state index in [9.17, 15) is 23.7 Å². The number of ether oxygens (including phenoxy) is 1. The van der Waals surface area contributed by atoms with E-state index in [-0.39, 0.29) is 6.61 Å². The zero-order chi connectivity index (χ0) is 27.6. The third-order valence-corrected chi connectivity index (χ3v) is 6.31. The highest BCUT2D eigenvalue weighted by Crippen LogP contribution is 2.39. The summed E-state index contributed by atoms with van der Waals surface area (Å²) in [5.41, 5.74) is 1.18. The van der Waals surface area contributed by atoms with Crippen molar-refractivity contribution < 1.29 is 38.3 Å². The van der Waals surface area contributed by atoms with Crippen molar-refractivity contribution in [2.45, 2.75) is 45.2 Å². The minimum Gasteiger partial charge on any atom is -0.444 e. The van der Waals surface area contributed by atoms with Crippen molar-refractivity contribution in [3.8, 4) is 0 Å². The second kappa shape index (κ2) is 13.5. The van der Waals surface area contributed by atoms with Gasteiger partial charge in [0.2, 0.25) is 17.7 Å². The Morgan fingerprint density at radius 1 is 0.838 bits per heavy atom. The van der Waals surface area contributed by atoms with Gasteiger partial charge in [-0.25, -0.2) is 4.79 Å². The highest BCUT2D eigenvalue weighted by molar-refractivity contribution is 7.52. The first-order valence-electron chi connectivity index (χ1n) is 11.4. The molecular weight excluding hydrogens is 503 g/mol. The van der Waals surface area contributed by atoms with E-state index < -0.39 is 55.8 Å². The Bertz CT molecular complexity index is 1130. The van der Waals surface area contributed by atoms with Crippen LogP contribution >= 0.6 is 7.60 Å². The topological polar surface area (TPSA) is 174 Å². The molecule has 0 heterocycles. The molecule has 5 N–H and O–H groups in total. The molecule has 0 unspecified atom stereocenters.